The van der Waals surface area contributed by atoms with E-state index >= 15 is 0 Å². The summed E-state index contributed by atoms with van der Waals surface area (Å²) >= 11 is 0. The van der Waals surface area contributed by atoms with E-state index < -0.39 is 6.04 Å². The van der Waals surface area contributed by atoms with Crippen molar-refractivity contribution in [2.45, 2.75) is 13.0 Å². The molecule has 24 heavy (non-hydrogen) atoms. The maximum atomic E-state index is 12.6. The van der Waals surface area contributed by atoms with Gasteiger partial charge in [0.1, 0.15) is 0 Å². The van der Waals surface area contributed by atoms with E-state index in [1.807, 2.05) is 67.6 Å². The molecule has 3 rings (SSSR count). The number of aromatic nitrogens is 2. The maximum Gasteiger partial charge on any atom is 0.255 e. The average molecular weight is 321 g/mol. The predicted molar refractivity (Wildman–Crippen MR) is 92.0 cm³/mol. The quantitative estimate of drug-likeness (QED) is 0.759. The molecule has 0 fully saturated rings. The van der Waals surface area contributed by atoms with Crippen molar-refractivity contribution in [3.05, 3.63) is 83.7 Å². The van der Waals surface area contributed by atoms with E-state index in [1.165, 1.54) is 0 Å². The minimum absolute atomic E-state index is 0.165. The Morgan fingerprint density at radius 2 is 1.75 bits per heavy atom. The minimum atomic E-state index is -0.446. The van der Waals surface area contributed by atoms with E-state index in [9.17, 15) is 9.90 Å². The molecule has 0 saturated heterocycles. The van der Waals surface area contributed by atoms with Crippen molar-refractivity contribution in [1.29, 1.82) is 0 Å². The number of para-hydroxylation sites is 1. The summed E-state index contributed by atoms with van der Waals surface area (Å²) in [6, 6.07) is 18.6. The van der Waals surface area contributed by atoms with Crippen molar-refractivity contribution >= 4 is 5.91 Å². The third-order valence-corrected chi connectivity index (χ3v) is 3.95. The summed E-state index contributed by atoms with van der Waals surface area (Å²) in [5, 5.41) is 16.8. The summed E-state index contributed by atoms with van der Waals surface area (Å²) in [6.45, 7) is 1.69. The molecule has 5 nitrogen and oxygen atoms in total. The number of aliphatic hydroxyl groups excluding tert-OH is 1. The van der Waals surface area contributed by atoms with Crippen LogP contribution in [-0.2, 0) is 0 Å². The van der Waals surface area contributed by atoms with E-state index in [-0.39, 0.29) is 12.5 Å². The Bertz CT molecular complexity index is 813. The zero-order valence-corrected chi connectivity index (χ0v) is 13.4. The van der Waals surface area contributed by atoms with Crippen molar-refractivity contribution < 1.29 is 9.90 Å². The smallest absolute Gasteiger partial charge is 0.255 e. The van der Waals surface area contributed by atoms with E-state index in [2.05, 4.69) is 10.4 Å². The van der Waals surface area contributed by atoms with E-state index in [4.69, 9.17) is 0 Å². The van der Waals surface area contributed by atoms with E-state index in [1.54, 1.807) is 10.9 Å². The van der Waals surface area contributed by atoms with Gasteiger partial charge in [0.25, 0.3) is 5.91 Å². The van der Waals surface area contributed by atoms with Crippen LogP contribution in [0.3, 0.4) is 0 Å². The highest BCUT2D eigenvalue weighted by atomic mass is 16.3. The molecule has 0 aliphatic heterocycles. The number of hydrogen-bond donors (Lipinski definition) is 2. The molecule has 122 valence electrons. The van der Waals surface area contributed by atoms with Gasteiger partial charge in [-0.3, -0.25) is 4.79 Å². The molecule has 2 N–H and O–H groups in total. The average Bonchev–Trinajstić information content (AvgIpc) is 3.02. The van der Waals surface area contributed by atoms with Crippen molar-refractivity contribution in [3.8, 4) is 5.69 Å². The zero-order chi connectivity index (χ0) is 16.9. The standard InChI is InChI=1S/C19H19N3O2/c1-14-17(12-20-22(14)16-10-6-3-7-11-16)19(24)21-18(13-23)15-8-4-2-5-9-15/h2-12,18,23H,13H2,1H3,(H,21,24). The highest BCUT2D eigenvalue weighted by Gasteiger charge is 2.19. The first-order valence-electron chi connectivity index (χ1n) is 7.77. The van der Waals surface area contributed by atoms with Crippen LogP contribution in [0.25, 0.3) is 5.69 Å². The maximum absolute atomic E-state index is 12.6. The first-order chi connectivity index (χ1) is 11.7. The molecule has 1 amide bonds. The van der Waals surface area contributed by atoms with Gasteiger partial charge in [-0.1, -0.05) is 48.5 Å². The third-order valence-electron chi connectivity index (χ3n) is 3.95. The number of nitrogens with one attached hydrogen (secondary N) is 1. The molecule has 1 aromatic heterocycles. The van der Waals surface area contributed by atoms with Gasteiger partial charge < -0.3 is 10.4 Å². The lowest BCUT2D eigenvalue weighted by Crippen LogP contribution is -2.31. The second kappa shape index (κ2) is 7.10. The molecule has 1 unspecified atom stereocenters. The summed E-state index contributed by atoms with van der Waals surface area (Å²) in [5.74, 6) is -0.252. The highest BCUT2D eigenvalue weighted by molar-refractivity contribution is 5.95. The first kappa shape index (κ1) is 16.0. The molecule has 0 bridgehead atoms. The van der Waals surface area contributed by atoms with Gasteiger partial charge in [-0.05, 0) is 24.6 Å². The summed E-state index contributed by atoms with van der Waals surface area (Å²) in [7, 11) is 0. The van der Waals surface area contributed by atoms with Crippen LogP contribution in [0.15, 0.2) is 66.9 Å². The number of benzene rings is 2. The molecule has 1 atom stereocenters. The summed E-state index contributed by atoms with van der Waals surface area (Å²) in [6.07, 6.45) is 1.55. The monoisotopic (exact) mass is 321 g/mol. The number of carbonyl (C=O) groups is 1. The number of aliphatic hydroxyl groups is 1. The van der Waals surface area contributed by atoms with E-state index in [0.29, 0.717) is 5.56 Å². The molecular formula is C19H19N3O2. The molecule has 3 aromatic rings. The molecule has 0 saturated carbocycles. The van der Waals surface area contributed by atoms with Crippen LogP contribution in [0.2, 0.25) is 0 Å². The Morgan fingerprint density at radius 1 is 1.12 bits per heavy atom. The molecule has 5 heteroatoms. The Kier molecular flexibility index (Phi) is 4.72. The first-order valence-corrected chi connectivity index (χ1v) is 7.77. The number of amides is 1. The fourth-order valence-electron chi connectivity index (χ4n) is 2.62. The fraction of sp³-hybridized carbons (Fsp3) is 0.158. The van der Waals surface area contributed by atoms with Crippen LogP contribution >= 0.6 is 0 Å². The van der Waals surface area contributed by atoms with Gasteiger partial charge in [0.05, 0.1) is 35.8 Å². The zero-order valence-electron chi connectivity index (χ0n) is 13.4. The second-order valence-electron chi connectivity index (χ2n) is 5.51. The van der Waals surface area contributed by atoms with Gasteiger partial charge in [-0.25, -0.2) is 4.68 Å². The lowest BCUT2D eigenvalue weighted by Gasteiger charge is -2.16. The molecular weight excluding hydrogens is 302 g/mol. The number of rotatable bonds is 5. The Labute approximate surface area is 140 Å². The normalized spacial score (nSPS) is 11.9. The number of nitrogens with zero attached hydrogens (tertiary/aromatic N) is 2. The van der Waals surface area contributed by atoms with Gasteiger partial charge in [0.2, 0.25) is 0 Å². The lowest BCUT2D eigenvalue weighted by molar-refractivity contribution is 0.0915. The second-order valence-corrected chi connectivity index (χ2v) is 5.51. The SMILES string of the molecule is Cc1c(C(=O)NC(CO)c2ccccc2)cnn1-c1ccccc1. The topological polar surface area (TPSA) is 67.2 Å². The largest absolute Gasteiger partial charge is 0.394 e. The van der Waals surface area contributed by atoms with Gasteiger partial charge in [-0.15, -0.1) is 0 Å². The van der Waals surface area contributed by atoms with Crippen LogP contribution < -0.4 is 5.32 Å². The van der Waals surface area contributed by atoms with Gasteiger partial charge in [-0.2, -0.15) is 5.10 Å². The van der Waals surface area contributed by atoms with Gasteiger partial charge >= 0.3 is 0 Å². The third kappa shape index (κ3) is 3.21. The Hall–Kier alpha value is -2.92. The van der Waals surface area contributed by atoms with Crippen molar-refractivity contribution in [3.63, 3.8) is 0 Å². The van der Waals surface area contributed by atoms with Crippen molar-refractivity contribution in [1.82, 2.24) is 15.1 Å². The summed E-state index contributed by atoms with van der Waals surface area (Å²) < 4.78 is 1.73. The highest BCUT2D eigenvalue weighted by Crippen LogP contribution is 2.16. The van der Waals surface area contributed by atoms with Crippen LogP contribution in [0.5, 0.6) is 0 Å². The van der Waals surface area contributed by atoms with Gasteiger partial charge in [0, 0.05) is 0 Å². The molecule has 0 aliphatic rings. The van der Waals surface area contributed by atoms with Crippen molar-refractivity contribution in [2.75, 3.05) is 6.61 Å². The lowest BCUT2D eigenvalue weighted by atomic mass is 10.1. The Balaban J connectivity index is 1.82. The minimum Gasteiger partial charge on any atom is -0.394 e. The predicted octanol–water partition coefficient (Wildman–Crippen LogP) is 2.64. The van der Waals surface area contributed by atoms with Crippen LogP contribution in [-0.4, -0.2) is 27.4 Å². The van der Waals surface area contributed by atoms with Gasteiger partial charge in [0.15, 0.2) is 0 Å². The van der Waals surface area contributed by atoms with Crippen LogP contribution in [0, 0.1) is 6.92 Å². The Morgan fingerprint density at radius 3 is 2.38 bits per heavy atom. The molecule has 1 heterocycles. The molecule has 2 aromatic carbocycles. The molecule has 0 aliphatic carbocycles. The fourth-order valence-corrected chi connectivity index (χ4v) is 2.62. The van der Waals surface area contributed by atoms with Crippen LogP contribution in [0.4, 0.5) is 0 Å². The molecule has 0 spiro atoms. The molecule has 0 radical (unpaired) electrons. The van der Waals surface area contributed by atoms with Crippen LogP contribution in [0.1, 0.15) is 27.7 Å². The number of carbonyl (C=O) groups excluding carboxylic acids is 1. The van der Waals surface area contributed by atoms with Crippen molar-refractivity contribution in [2.24, 2.45) is 0 Å². The summed E-state index contributed by atoms with van der Waals surface area (Å²) in [5.41, 5.74) is 3.01. The van der Waals surface area contributed by atoms with E-state index in [0.717, 1.165) is 16.9 Å². The number of hydrogen-bond acceptors (Lipinski definition) is 3. The summed E-state index contributed by atoms with van der Waals surface area (Å²) in [4.78, 5) is 12.6.